The smallest absolute Gasteiger partial charge is 0.276 e. The van der Waals surface area contributed by atoms with Crippen LogP contribution in [0.2, 0.25) is 0 Å². The maximum Gasteiger partial charge on any atom is 0.276 e. The van der Waals surface area contributed by atoms with Crippen molar-refractivity contribution >= 4 is 22.8 Å². The minimum atomic E-state index is -0.179. The molecular weight excluding hydrogens is 324 g/mol. The molecule has 4 rings (SSSR count). The van der Waals surface area contributed by atoms with E-state index < -0.39 is 0 Å². The first-order valence-corrected chi connectivity index (χ1v) is 9.22. The van der Waals surface area contributed by atoms with Crippen molar-refractivity contribution in [2.24, 2.45) is 5.92 Å². The lowest BCUT2D eigenvalue weighted by Crippen LogP contribution is -2.32. The number of nitrogens with zero attached hydrogens (tertiary/aromatic N) is 3. The van der Waals surface area contributed by atoms with Crippen LogP contribution in [0.4, 0.5) is 11.4 Å². The number of amides is 1. The third-order valence-corrected chi connectivity index (χ3v) is 5.21. The van der Waals surface area contributed by atoms with E-state index in [4.69, 9.17) is 0 Å². The molecule has 5 nitrogen and oxygen atoms in total. The number of hydrogen-bond donors (Lipinski definition) is 1. The Morgan fingerprint density at radius 1 is 1.12 bits per heavy atom. The number of anilines is 2. The summed E-state index contributed by atoms with van der Waals surface area (Å²) < 4.78 is 1.93. The Morgan fingerprint density at radius 3 is 2.58 bits per heavy atom. The van der Waals surface area contributed by atoms with Crippen molar-refractivity contribution in [3.05, 3.63) is 60.2 Å². The molecule has 5 heteroatoms. The lowest BCUT2D eigenvalue weighted by atomic mass is 9.99. The monoisotopic (exact) mass is 348 g/mol. The maximum atomic E-state index is 12.7. The van der Waals surface area contributed by atoms with Crippen LogP contribution in [0, 0.1) is 12.8 Å². The number of rotatable bonds is 3. The van der Waals surface area contributed by atoms with Gasteiger partial charge in [-0.1, -0.05) is 13.0 Å². The first-order valence-electron chi connectivity index (χ1n) is 9.22. The van der Waals surface area contributed by atoms with Gasteiger partial charge in [-0.25, -0.2) is 4.98 Å². The predicted octanol–water partition coefficient (Wildman–Crippen LogP) is 4.13. The number of aromatic nitrogens is 2. The zero-order valence-electron chi connectivity index (χ0n) is 15.3. The summed E-state index contributed by atoms with van der Waals surface area (Å²) in [5.41, 5.74) is 3.29. The van der Waals surface area contributed by atoms with Gasteiger partial charge in [-0.2, -0.15) is 0 Å². The molecule has 26 heavy (non-hydrogen) atoms. The molecule has 0 radical (unpaired) electrons. The van der Waals surface area contributed by atoms with Crippen LogP contribution in [0.15, 0.2) is 48.7 Å². The average molecular weight is 348 g/mol. The van der Waals surface area contributed by atoms with E-state index in [1.807, 2.05) is 47.9 Å². The summed E-state index contributed by atoms with van der Waals surface area (Å²) in [7, 11) is 0. The minimum absolute atomic E-state index is 0.179. The van der Waals surface area contributed by atoms with E-state index in [2.05, 4.69) is 34.3 Å². The summed E-state index contributed by atoms with van der Waals surface area (Å²) in [6, 6.07) is 13.9. The van der Waals surface area contributed by atoms with Gasteiger partial charge in [0.1, 0.15) is 5.82 Å². The molecule has 134 valence electrons. The quantitative estimate of drug-likeness (QED) is 0.774. The van der Waals surface area contributed by atoms with E-state index >= 15 is 0 Å². The van der Waals surface area contributed by atoms with E-state index in [1.54, 1.807) is 0 Å². The predicted molar refractivity (Wildman–Crippen MR) is 105 cm³/mol. The fourth-order valence-corrected chi connectivity index (χ4v) is 3.57. The Balaban J connectivity index is 1.49. The first-order chi connectivity index (χ1) is 12.6. The van der Waals surface area contributed by atoms with Gasteiger partial charge in [0.05, 0.1) is 5.52 Å². The molecule has 0 unspecified atom stereocenters. The number of aryl methyl sites for hydroxylation is 1. The van der Waals surface area contributed by atoms with Crippen LogP contribution in [0.1, 0.15) is 36.1 Å². The maximum absolute atomic E-state index is 12.7. The normalized spacial score (nSPS) is 15.4. The Kier molecular flexibility index (Phi) is 4.37. The van der Waals surface area contributed by atoms with Crippen LogP contribution in [0.3, 0.4) is 0 Å². The summed E-state index contributed by atoms with van der Waals surface area (Å²) in [4.78, 5) is 19.5. The zero-order chi connectivity index (χ0) is 18.1. The van der Waals surface area contributed by atoms with Gasteiger partial charge >= 0.3 is 0 Å². The number of benzene rings is 1. The van der Waals surface area contributed by atoms with Crippen LogP contribution in [-0.4, -0.2) is 28.4 Å². The Bertz CT molecular complexity index is 921. The molecule has 1 saturated heterocycles. The lowest BCUT2D eigenvalue weighted by molar-refractivity contribution is 0.102. The Labute approximate surface area is 153 Å². The molecule has 1 aliphatic rings. The molecule has 0 spiro atoms. The SMILES string of the molecule is Cc1nc(C(=O)Nc2ccc(N3CCC(C)CC3)cc2)c2ccccn12. The fourth-order valence-electron chi connectivity index (χ4n) is 3.57. The van der Waals surface area contributed by atoms with Gasteiger partial charge in [0, 0.05) is 30.7 Å². The van der Waals surface area contributed by atoms with E-state index in [0.29, 0.717) is 5.69 Å². The molecular formula is C21H24N4O. The second-order valence-corrected chi connectivity index (χ2v) is 7.13. The highest BCUT2D eigenvalue weighted by Crippen LogP contribution is 2.24. The van der Waals surface area contributed by atoms with Gasteiger partial charge in [0.15, 0.2) is 5.69 Å². The van der Waals surface area contributed by atoms with Crippen molar-refractivity contribution in [2.45, 2.75) is 26.7 Å². The van der Waals surface area contributed by atoms with E-state index in [1.165, 1.54) is 18.5 Å². The molecule has 0 atom stereocenters. The number of fused-ring (bicyclic) bond motifs is 1. The molecule has 0 aliphatic carbocycles. The van der Waals surface area contributed by atoms with Crippen molar-refractivity contribution in [3.8, 4) is 0 Å². The summed E-state index contributed by atoms with van der Waals surface area (Å²) in [6.07, 6.45) is 4.40. The van der Waals surface area contributed by atoms with Gasteiger partial charge in [-0.15, -0.1) is 0 Å². The second kappa shape index (κ2) is 6.83. The molecule has 1 aromatic carbocycles. The summed E-state index contributed by atoms with van der Waals surface area (Å²) in [5.74, 6) is 1.44. The highest BCUT2D eigenvalue weighted by atomic mass is 16.1. The van der Waals surface area contributed by atoms with E-state index in [9.17, 15) is 4.79 Å². The molecule has 1 fully saturated rings. The zero-order valence-corrected chi connectivity index (χ0v) is 15.3. The lowest BCUT2D eigenvalue weighted by Gasteiger charge is -2.32. The number of piperidine rings is 1. The minimum Gasteiger partial charge on any atom is -0.372 e. The fraction of sp³-hybridized carbons (Fsp3) is 0.333. The van der Waals surface area contributed by atoms with Gasteiger partial charge in [-0.3, -0.25) is 4.79 Å². The van der Waals surface area contributed by atoms with Gasteiger partial charge in [-0.05, 0) is 62.1 Å². The van der Waals surface area contributed by atoms with E-state index in [-0.39, 0.29) is 5.91 Å². The van der Waals surface area contributed by atoms with Crippen LogP contribution in [0.5, 0.6) is 0 Å². The topological polar surface area (TPSA) is 49.6 Å². The number of pyridine rings is 1. The number of hydrogen-bond acceptors (Lipinski definition) is 3. The molecule has 0 saturated carbocycles. The largest absolute Gasteiger partial charge is 0.372 e. The first kappa shape index (κ1) is 16.6. The summed E-state index contributed by atoms with van der Waals surface area (Å²) in [5, 5.41) is 2.97. The molecule has 1 N–H and O–H groups in total. The van der Waals surface area contributed by atoms with Crippen LogP contribution >= 0.6 is 0 Å². The van der Waals surface area contributed by atoms with Crippen molar-refractivity contribution < 1.29 is 4.79 Å². The van der Waals surface area contributed by atoms with Crippen molar-refractivity contribution in [1.29, 1.82) is 0 Å². The molecule has 0 bridgehead atoms. The highest BCUT2D eigenvalue weighted by Gasteiger charge is 2.17. The Morgan fingerprint density at radius 2 is 1.85 bits per heavy atom. The van der Waals surface area contributed by atoms with Gasteiger partial charge in [0.2, 0.25) is 0 Å². The van der Waals surface area contributed by atoms with Crippen molar-refractivity contribution in [1.82, 2.24) is 9.38 Å². The van der Waals surface area contributed by atoms with Crippen molar-refractivity contribution in [2.75, 3.05) is 23.3 Å². The molecule has 1 amide bonds. The standard InChI is InChI=1S/C21H24N4O/c1-15-10-13-24(14-11-15)18-8-6-17(7-9-18)23-21(26)20-19-5-3-4-12-25(19)16(2)22-20/h3-9,12,15H,10-11,13-14H2,1-2H3,(H,23,26). The highest BCUT2D eigenvalue weighted by molar-refractivity contribution is 6.07. The summed E-state index contributed by atoms with van der Waals surface area (Å²) in [6.45, 7) is 6.43. The second-order valence-electron chi connectivity index (χ2n) is 7.13. The number of nitrogens with one attached hydrogen (secondary N) is 1. The number of carbonyl (C=O) groups excluding carboxylic acids is 1. The van der Waals surface area contributed by atoms with Crippen LogP contribution in [-0.2, 0) is 0 Å². The van der Waals surface area contributed by atoms with Crippen LogP contribution < -0.4 is 10.2 Å². The Hall–Kier alpha value is -2.82. The molecule has 2 aromatic heterocycles. The summed E-state index contributed by atoms with van der Waals surface area (Å²) >= 11 is 0. The third kappa shape index (κ3) is 3.17. The van der Waals surface area contributed by atoms with Crippen molar-refractivity contribution in [3.63, 3.8) is 0 Å². The molecule has 3 aromatic rings. The van der Waals surface area contributed by atoms with Gasteiger partial charge < -0.3 is 14.6 Å². The van der Waals surface area contributed by atoms with E-state index in [0.717, 1.165) is 36.0 Å². The number of imidazole rings is 1. The molecule has 1 aliphatic heterocycles. The van der Waals surface area contributed by atoms with Crippen LogP contribution in [0.25, 0.3) is 5.52 Å². The van der Waals surface area contributed by atoms with Gasteiger partial charge in [0.25, 0.3) is 5.91 Å². The molecule has 3 heterocycles. The number of carbonyl (C=O) groups is 1. The average Bonchev–Trinajstić information content (AvgIpc) is 3.00. The third-order valence-electron chi connectivity index (χ3n) is 5.21.